The van der Waals surface area contributed by atoms with Crippen LogP contribution in [0.5, 0.6) is 11.5 Å². The van der Waals surface area contributed by atoms with Crippen molar-refractivity contribution in [2.75, 3.05) is 32.1 Å². The quantitative estimate of drug-likeness (QED) is 0.211. The molecule has 7 heteroatoms. The van der Waals surface area contributed by atoms with E-state index in [0.29, 0.717) is 44.3 Å². The molecule has 0 saturated carbocycles. The molecule has 4 aromatic carbocycles. The number of benzene rings is 4. The molecule has 0 aliphatic rings. The van der Waals surface area contributed by atoms with Crippen molar-refractivity contribution >= 4 is 11.7 Å². The first kappa shape index (κ1) is 27.7. The highest BCUT2D eigenvalue weighted by atomic mass is 16.5. The lowest BCUT2D eigenvalue weighted by Crippen LogP contribution is -2.32. The zero-order chi connectivity index (χ0) is 27.3. The minimum absolute atomic E-state index is 0.270. The van der Waals surface area contributed by atoms with Gasteiger partial charge >= 0.3 is 6.03 Å². The molecule has 4 aromatic rings. The Bertz CT molecular complexity index is 1270. The summed E-state index contributed by atoms with van der Waals surface area (Å²) in [6.07, 6.45) is -0.660. The molecule has 2 amide bonds. The van der Waals surface area contributed by atoms with E-state index in [1.54, 1.807) is 19.2 Å². The van der Waals surface area contributed by atoms with Crippen molar-refractivity contribution in [2.24, 2.45) is 0 Å². The average molecular weight is 526 g/mol. The van der Waals surface area contributed by atoms with Crippen LogP contribution in [0.25, 0.3) is 0 Å². The molecule has 4 rings (SSSR count). The van der Waals surface area contributed by atoms with Gasteiger partial charge in [0, 0.05) is 32.4 Å². The number of urea groups is 1. The Morgan fingerprint density at radius 3 is 2.03 bits per heavy atom. The van der Waals surface area contributed by atoms with Crippen LogP contribution in [0.2, 0.25) is 0 Å². The summed E-state index contributed by atoms with van der Waals surface area (Å²) in [5.74, 6) is 1.48. The van der Waals surface area contributed by atoms with Gasteiger partial charge in [0.15, 0.2) is 0 Å². The van der Waals surface area contributed by atoms with Crippen molar-refractivity contribution in [3.8, 4) is 11.5 Å². The lowest BCUT2D eigenvalue weighted by atomic mass is 10.1. The molecule has 1 atom stereocenters. The Balaban J connectivity index is 1.32. The molecule has 0 bridgehead atoms. The van der Waals surface area contributed by atoms with E-state index in [9.17, 15) is 9.90 Å². The van der Waals surface area contributed by atoms with Gasteiger partial charge in [0.25, 0.3) is 0 Å². The number of rotatable bonds is 13. The van der Waals surface area contributed by atoms with E-state index in [1.165, 1.54) is 5.56 Å². The summed E-state index contributed by atoms with van der Waals surface area (Å²) >= 11 is 0. The van der Waals surface area contributed by atoms with Gasteiger partial charge in [0.1, 0.15) is 24.7 Å². The van der Waals surface area contributed by atoms with E-state index in [4.69, 9.17) is 9.47 Å². The lowest BCUT2D eigenvalue weighted by molar-refractivity contribution is 0.0985. The van der Waals surface area contributed by atoms with Crippen LogP contribution in [0.3, 0.4) is 0 Å². The van der Waals surface area contributed by atoms with Crippen molar-refractivity contribution in [2.45, 2.75) is 19.3 Å². The summed E-state index contributed by atoms with van der Waals surface area (Å²) in [5, 5.41) is 16.3. The molecule has 0 aromatic heterocycles. The number of aliphatic hydroxyl groups excluding tert-OH is 1. The molecular formula is C32H35N3O4. The standard InChI is InChI=1S/C32H35N3O4/c1-33-32(37)34-28-14-18-29(19-15-28)38-21-20-35(22-25-8-4-2-5-9-25)23-31(36)27-12-16-30(17-13-27)39-24-26-10-6-3-7-11-26/h2-19,31,36H,20-24H2,1H3,(H2,33,34,37). The van der Waals surface area contributed by atoms with Crippen molar-refractivity contribution in [3.05, 3.63) is 126 Å². The number of nitrogens with zero attached hydrogens (tertiary/aromatic N) is 1. The summed E-state index contributed by atoms with van der Waals surface area (Å²) in [6, 6.07) is 34.8. The summed E-state index contributed by atoms with van der Waals surface area (Å²) in [4.78, 5) is 13.6. The van der Waals surface area contributed by atoms with Gasteiger partial charge in [0.2, 0.25) is 0 Å². The number of nitrogens with one attached hydrogen (secondary N) is 2. The minimum atomic E-state index is -0.660. The third-order valence-electron chi connectivity index (χ3n) is 6.21. The molecule has 39 heavy (non-hydrogen) atoms. The van der Waals surface area contributed by atoms with Crippen molar-refractivity contribution in [1.82, 2.24) is 10.2 Å². The van der Waals surface area contributed by atoms with E-state index < -0.39 is 6.10 Å². The second kappa shape index (κ2) is 14.6. The molecular weight excluding hydrogens is 490 g/mol. The van der Waals surface area contributed by atoms with Crippen LogP contribution in [-0.4, -0.2) is 42.8 Å². The zero-order valence-corrected chi connectivity index (χ0v) is 22.1. The van der Waals surface area contributed by atoms with Crippen LogP contribution in [-0.2, 0) is 13.2 Å². The first-order valence-electron chi connectivity index (χ1n) is 13.0. The topological polar surface area (TPSA) is 83.1 Å². The summed E-state index contributed by atoms with van der Waals surface area (Å²) in [6.45, 7) is 2.73. The van der Waals surface area contributed by atoms with Crippen molar-refractivity contribution in [1.29, 1.82) is 0 Å². The van der Waals surface area contributed by atoms with Gasteiger partial charge in [-0.15, -0.1) is 0 Å². The van der Waals surface area contributed by atoms with Gasteiger partial charge in [-0.2, -0.15) is 0 Å². The fourth-order valence-corrected chi connectivity index (χ4v) is 4.07. The van der Waals surface area contributed by atoms with Gasteiger partial charge in [0.05, 0.1) is 6.10 Å². The Morgan fingerprint density at radius 2 is 1.38 bits per heavy atom. The van der Waals surface area contributed by atoms with E-state index in [0.717, 1.165) is 16.9 Å². The zero-order valence-electron chi connectivity index (χ0n) is 22.1. The van der Waals surface area contributed by atoms with Crippen LogP contribution >= 0.6 is 0 Å². The first-order chi connectivity index (χ1) is 19.1. The first-order valence-corrected chi connectivity index (χ1v) is 13.0. The Labute approximate surface area is 230 Å². The predicted octanol–water partition coefficient (Wildman–Crippen LogP) is 5.63. The smallest absolute Gasteiger partial charge is 0.318 e. The highest BCUT2D eigenvalue weighted by molar-refractivity contribution is 5.88. The third kappa shape index (κ3) is 9.17. The number of aliphatic hydroxyl groups is 1. The Kier molecular flexibility index (Phi) is 10.3. The Hall–Kier alpha value is -4.33. The molecule has 0 aliphatic heterocycles. The molecule has 0 saturated heterocycles. The van der Waals surface area contributed by atoms with Crippen molar-refractivity contribution < 1.29 is 19.4 Å². The summed E-state index contributed by atoms with van der Waals surface area (Å²) < 4.78 is 11.8. The van der Waals surface area contributed by atoms with Gasteiger partial charge in [-0.1, -0.05) is 72.8 Å². The van der Waals surface area contributed by atoms with E-state index in [1.807, 2.05) is 84.9 Å². The normalized spacial score (nSPS) is 11.6. The largest absolute Gasteiger partial charge is 0.492 e. The molecule has 7 nitrogen and oxygen atoms in total. The van der Waals surface area contributed by atoms with E-state index in [2.05, 4.69) is 27.7 Å². The fourth-order valence-electron chi connectivity index (χ4n) is 4.07. The number of hydrogen-bond acceptors (Lipinski definition) is 5. The number of hydrogen-bond donors (Lipinski definition) is 3. The fraction of sp³-hybridized carbons (Fsp3) is 0.219. The van der Waals surface area contributed by atoms with Crippen molar-refractivity contribution in [3.63, 3.8) is 0 Å². The van der Waals surface area contributed by atoms with Gasteiger partial charge < -0.3 is 25.2 Å². The molecule has 0 fully saturated rings. The molecule has 202 valence electrons. The van der Waals surface area contributed by atoms with Crippen LogP contribution in [0, 0.1) is 0 Å². The van der Waals surface area contributed by atoms with Gasteiger partial charge in [-0.25, -0.2) is 4.79 Å². The van der Waals surface area contributed by atoms with Crippen LogP contribution < -0.4 is 20.1 Å². The number of carbonyl (C=O) groups is 1. The second-order valence-electron chi connectivity index (χ2n) is 9.16. The summed E-state index contributed by atoms with van der Waals surface area (Å²) in [5.41, 5.74) is 3.79. The van der Waals surface area contributed by atoms with Gasteiger partial charge in [-0.05, 0) is 53.1 Å². The SMILES string of the molecule is CNC(=O)Nc1ccc(OCCN(Cc2ccccc2)CC(O)c2ccc(OCc3ccccc3)cc2)cc1. The molecule has 3 N–H and O–H groups in total. The molecule has 0 spiro atoms. The maximum absolute atomic E-state index is 11.5. The van der Waals surface area contributed by atoms with Crippen LogP contribution in [0.15, 0.2) is 109 Å². The molecule has 0 aliphatic carbocycles. The number of anilines is 1. The number of ether oxygens (including phenoxy) is 2. The maximum Gasteiger partial charge on any atom is 0.318 e. The van der Waals surface area contributed by atoms with E-state index >= 15 is 0 Å². The number of carbonyl (C=O) groups excluding carboxylic acids is 1. The predicted molar refractivity (Wildman–Crippen MR) is 154 cm³/mol. The summed E-state index contributed by atoms with van der Waals surface area (Å²) in [7, 11) is 1.57. The minimum Gasteiger partial charge on any atom is -0.492 e. The van der Waals surface area contributed by atoms with Gasteiger partial charge in [-0.3, -0.25) is 4.90 Å². The van der Waals surface area contributed by atoms with E-state index in [-0.39, 0.29) is 6.03 Å². The number of amides is 2. The second-order valence-corrected chi connectivity index (χ2v) is 9.16. The highest BCUT2D eigenvalue weighted by Gasteiger charge is 2.15. The monoisotopic (exact) mass is 525 g/mol. The average Bonchev–Trinajstić information content (AvgIpc) is 2.98. The highest BCUT2D eigenvalue weighted by Crippen LogP contribution is 2.21. The lowest BCUT2D eigenvalue weighted by Gasteiger charge is -2.25. The molecule has 1 unspecified atom stereocenters. The van der Waals surface area contributed by atoms with Crippen LogP contribution in [0.1, 0.15) is 22.8 Å². The molecule has 0 heterocycles. The maximum atomic E-state index is 11.5. The van der Waals surface area contributed by atoms with Crippen LogP contribution in [0.4, 0.5) is 10.5 Å². The Morgan fingerprint density at radius 1 is 0.795 bits per heavy atom. The molecule has 0 radical (unpaired) electrons. The third-order valence-corrected chi connectivity index (χ3v) is 6.21.